The number of aromatic nitrogens is 1. The standard InChI is InChI=1S/C29H30N2O4/c1-19-9-8-10-21(15-19)17-29(34,18-28(3,4)22-11-6-5-7-12-22)27(33)30-23-13-14-24-25(16-23)20(2)31-35-26(24)32/h5-16,34H,17-18H2,1-4H3,(H,30,33)/t29-/m0/s1. The third-order valence-electron chi connectivity index (χ3n) is 6.44. The second kappa shape index (κ2) is 9.47. The molecule has 0 bridgehead atoms. The number of aliphatic hydroxyl groups is 1. The minimum atomic E-state index is -1.69. The summed E-state index contributed by atoms with van der Waals surface area (Å²) in [6.07, 6.45) is 0.371. The van der Waals surface area contributed by atoms with E-state index >= 15 is 0 Å². The van der Waals surface area contributed by atoms with Crippen LogP contribution in [0.4, 0.5) is 5.69 Å². The first-order chi connectivity index (χ1) is 16.6. The van der Waals surface area contributed by atoms with Gasteiger partial charge in [-0.2, -0.15) is 0 Å². The topological polar surface area (TPSA) is 92.4 Å². The molecule has 3 aromatic carbocycles. The molecule has 0 fully saturated rings. The van der Waals surface area contributed by atoms with Gasteiger partial charge in [-0.25, -0.2) is 4.79 Å². The predicted octanol–water partition coefficient (Wildman–Crippen LogP) is 5.09. The van der Waals surface area contributed by atoms with Gasteiger partial charge < -0.3 is 14.9 Å². The minimum absolute atomic E-state index is 0.161. The van der Waals surface area contributed by atoms with Crippen molar-refractivity contribution in [3.8, 4) is 0 Å². The molecule has 0 saturated heterocycles. The largest absolute Gasteiger partial charge is 0.380 e. The van der Waals surface area contributed by atoms with Crippen molar-refractivity contribution in [1.82, 2.24) is 5.16 Å². The summed E-state index contributed by atoms with van der Waals surface area (Å²) in [5.74, 6) is -0.504. The summed E-state index contributed by atoms with van der Waals surface area (Å²) in [7, 11) is 0. The molecule has 6 heteroatoms. The van der Waals surface area contributed by atoms with Crippen LogP contribution < -0.4 is 10.9 Å². The minimum Gasteiger partial charge on any atom is -0.380 e. The molecular formula is C29H30N2O4. The monoisotopic (exact) mass is 470 g/mol. The molecular weight excluding hydrogens is 440 g/mol. The number of fused-ring (bicyclic) bond motifs is 1. The van der Waals surface area contributed by atoms with Gasteiger partial charge >= 0.3 is 5.63 Å². The lowest BCUT2D eigenvalue weighted by molar-refractivity contribution is -0.136. The summed E-state index contributed by atoms with van der Waals surface area (Å²) >= 11 is 0. The number of carbonyl (C=O) groups is 1. The van der Waals surface area contributed by atoms with Crippen molar-refractivity contribution in [2.24, 2.45) is 0 Å². The Bertz CT molecular complexity index is 1430. The first-order valence-electron chi connectivity index (χ1n) is 11.6. The molecule has 0 aliphatic rings. The smallest absolute Gasteiger partial charge is 0.366 e. The predicted molar refractivity (Wildman–Crippen MR) is 138 cm³/mol. The fourth-order valence-corrected chi connectivity index (χ4v) is 4.66. The molecule has 1 amide bonds. The van der Waals surface area contributed by atoms with Crippen LogP contribution in [0.15, 0.2) is 82.1 Å². The number of hydrogen-bond acceptors (Lipinski definition) is 5. The van der Waals surface area contributed by atoms with Crippen LogP contribution in [0.2, 0.25) is 0 Å². The number of nitrogens with one attached hydrogen (secondary N) is 1. The summed E-state index contributed by atoms with van der Waals surface area (Å²) in [4.78, 5) is 25.7. The van der Waals surface area contributed by atoms with Crippen LogP contribution in [0.5, 0.6) is 0 Å². The number of aryl methyl sites for hydroxylation is 2. The van der Waals surface area contributed by atoms with Crippen LogP contribution >= 0.6 is 0 Å². The number of carbonyl (C=O) groups excluding carboxylic acids is 1. The van der Waals surface area contributed by atoms with E-state index in [9.17, 15) is 14.7 Å². The number of amides is 1. The van der Waals surface area contributed by atoms with E-state index in [0.29, 0.717) is 22.2 Å². The summed E-state index contributed by atoms with van der Waals surface area (Å²) < 4.78 is 4.79. The Morgan fingerprint density at radius 1 is 0.971 bits per heavy atom. The van der Waals surface area contributed by atoms with Crippen molar-refractivity contribution in [3.05, 3.63) is 106 Å². The quantitative estimate of drug-likeness (QED) is 0.393. The van der Waals surface area contributed by atoms with Crippen LogP contribution in [-0.4, -0.2) is 21.8 Å². The normalized spacial score (nSPS) is 13.4. The van der Waals surface area contributed by atoms with E-state index in [-0.39, 0.29) is 12.8 Å². The fraction of sp³-hybridized carbons (Fsp3) is 0.276. The maximum absolute atomic E-state index is 13.7. The molecule has 180 valence electrons. The number of benzene rings is 3. The molecule has 0 unspecified atom stereocenters. The lowest BCUT2D eigenvalue weighted by atomic mass is 9.73. The number of nitrogens with zero attached hydrogens (tertiary/aromatic N) is 1. The van der Waals surface area contributed by atoms with E-state index in [4.69, 9.17) is 4.52 Å². The van der Waals surface area contributed by atoms with Gasteiger partial charge in [-0.15, -0.1) is 0 Å². The highest BCUT2D eigenvalue weighted by Crippen LogP contribution is 2.35. The molecule has 0 radical (unpaired) electrons. The second-order valence-electron chi connectivity index (χ2n) is 9.89. The molecule has 0 aliphatic heterocycles. The molecule has 0 spiro atoms. The van der Waals surface area contributed by atoms with Crippen LogP contribution in [0.1, 0.15) is 42.7 Å². The van der Waals surface area contributed by atoms with Crippen LogP contribution in [0, 0.1) is 13.8 Å². The highest BCUT2D eigenvalue weighted by atomic mass is 16.5. The van der Waals surface area contributed by atoms with Crippen LogP contribution in [-0.2, 0) is 16.6 Å². The Hall–Kier alpha value is -3.77. The third kappa shape index (κ3) is 5.33. The highest BCUT2D eigenvalue weighted by molar-refractivity contribution is 5.99. The van der Waals surface area contributed by atoms with Gasteiger partial charge in [-0.1, -0.05) is 79.2 Å². The fourth-order valence-electron chi connectivity index (χ4n) is 4.66. The van der Waals surface area contributed by atoms with Crippen molar-refractivity contribution in [3.63, 3.8) is 0 Å². The van der Waals surface area contributed by atoms with E-state index in [0.717, 1.165) is 16.7 Å². The third-order valence-corrected chi connectivity index (χ3v) is 6.44. The summed E-state index contributed by atoms with van der Waals surface area (Å²) in [5.41, 5.74) is 1.28. The lowest BCUT2D eigenvalue weighted by Gasteiger charge is -2.36. The number of rotatable bonds is 7. The van der Waals surface area contributed by atoms with Crippen molar-refractivity contribution in [2.75, 3.05) is 5.32 Å². The van der Waals surface area contributed by atoms with Crippen LogP contribution in [0.25, 0.3) is 10.8 Å². The van der Waals surface area contributed by atoms with Crippen molar-refractivity contribution >= 4 is 22.4 Å². The van der Waals surface area contributed by atoms with Crippen molar-refractivity contribution < 1.29 is 14.4 Å². The van der Waals surface area contributed by atoms with E-state index < -0.39 is 22.5 Å². The molecule has 4 rings (SSSR count). The van der Waals surface area contributed by atoms with Gasteiger partial charge in [0.25, 0.3) is 5.91 Å². The van der Waals surface area contributed by atoms with Gasteiger partial charge in [0.1, 0.15) is 5.60 Å². The van der Waals surface area contributed by atoms with E-state index in [1.807, 2.05) is 75.4 Å². The van der Waals surface area contributed by atoms with Gasteiger partial charge in [-0.3, -0.25) is 4.79 Å². The number of anilines is 1. The lowest BCUT2D eigenvalue weighted by Crippen LogP contribution is -2.49. The van der Waals surface area contributed by atoms with E-state index in [1.165, 1.54) is 0 Å². The Morgan fingerprint density at radius 2 is 1.71 bits per heavy atom. The van der Waals surface area contributed by atoms with E-state index in [2.05, 4.69) is 10.5 Å². The van der Waals surface area contributed by atoms with Crippen molar-refractivity contribution in [2.45, 2.75) is 51.6 Å². The van der Waals surface area contributed by atoms with Gasteiger partial charge in [-0.05, 0) is 55.0 Å². The number of hydrogen-bond donors (Lipinski definition) is 2. The Kier molecular flexibility index (Phi) is 6.59. The zero-order valence-corrected chi connectivity index (χ0v) is 20.5. The zero-order chi connectivity index (χ0) is 25.2. The molecule has 6 nitrogen and oxygen atoms in total. The highest BCUT2D eigenvalue weighted by Gasteiger charge is 2.42. The molecule has 0 saturated carbocycles. The van der Waals surface area contributed by atoms with Gasteiger partial charge in [0.05, 0.1) is 11.1 Å². The summed E-state index contributed by atoms with van der Waals surface area (Å²) in [5, 5.41) is 19.5. The molecule has 1 aromatic heterocycles. The average Bonchev–Trinajstić information content (AvgIpc) is 2.82. The maximum Gasteiger partial charge on any atom is 0.366 e. The zero-order valence-electron chi connectivity index (χ0n) is 20.5. The Labute approximate surface area is 204 Å². The first-order valence-corrected chi connectivity index (χ1v) is 11.6. The summed E-state index contributed by atoms with van der Waals surface area (Å²) in [6.45, 7) is 7.77. The van der Waals surface area contributed by atoms with Gasteiger partial charge in [0.2, 0.25) is 0 Å². The molecule has 0 aliphatic carbocycles. The SMILES string of the molecule is Cc1cccc(C[C@](O)(CC(C)(C)c2ccccc2)C(=O)Nc2ccc3c(=O)onc(C)c3c2)c1. The Balaban J connectivity index is 1.69. The van der Waals surface area contributed by atoms with Crippen LogP contribution in [0.3, 0.4) is 0 Å². The molecule has 35 heavy (non-hydrogen) atoms. The van der Waals surface area contributed by atoms with E-state index in [1.54, 1.807) is 25.1 Å². The Morgan fingerprint density at radius 3 is 2.43 bits per heavy atom. The van der Waals surface area contributed by atoms with Gasteiger partial charge in [0.15, 0.2) is 0 Å². The molecule has 1 heterocycles. The molecule has 4 aromatic rings. The molecule has 2 N–H and O–H groups in total. The molecule has 1 atom stereocenters. The maximum atomic E-state index is 13.7. The summed E-state index contributed by atoms with van der Waals surface area (Å²) in [6, 6.07) is 22.6. The van der Waals surface area contributed by atoms with Crippen molar-refractivity contribution in [1.29, 1.82) is 0 Å². The second-order valence-corrected chi connectivity index (χ2v) is 9.89. The first kappa shape index (κ1) is 24.4. The average molecular weight is 471 g/mol. The van der Waals surface area contributed by atoms with Gasteiger partial charge in [0, 0.05) is 17.5 Å².